The zero-order chi connectivity index (χ0) is 14.6. The van der Waals surface area contributed by atoms with Crippen molar-refractivity contribution in [3.05, 3.63) is 0 Å². The molecule has 0 aromatic rings. The third-order valence-electron chi connectivity index (χ3n) is 4.55. The third kappa shape index (κ3) is 3.51. The molecule has 2 fully saturated rings. The summed E-state index contributed by atoms with van der Waals surface area (Å²) in [5, 5.41) is 3.05. The minimum Gasteiger partial charge on any atom is -0.353 e. The van der Waals surface area contributed by atoms with Crippen molar-refractivity contribution in [3.63, 3.8) is 0 Å². The summed E-state index contributed by atoms with van der Waals surface area (Å²) >= 11 is 0. The summed E-state index contributed by atoms with van der Waals surface area (Å²) in [6.45, 7) is 3.44. The fourth-order valence-corrected chi connectivity index (χ4v) is 3.29. The zero-order valence-electron chi connectivity index (χ0n) is 12.5. The van der Waals surface area contributed by atoms with Crippen molar-refractivity contribution >= 4 is 11.8 Å². The van der Waals surface area contributed by atoms with Crippen molar-refractivity contribution in [1.82, 2.24) is 10.2 Å². The molecule has 20 heavy (non-hydrogen) atoms. The lowest BCUT2D eigenvalue weighted by Crippen LogP contribution is -2.56. The number of carbonyl (C=O) groups is 2. The number of piperidine rings is 1. The molecule has 2 rings (SSSR count). The van der Waals surface area contributed by atoms with E-state index in [1.165, 1.54) is 0 Å². The second-order valence-electron chi connectivity index (χ2n) is 6.25. The van der Waals surface area contributed by atoms with Crippen molar-refractivity contribution in [2.45, 2.75) is 69.9 Å². The van der Waals surface area contributed by atoms with Crippen molar-refractivity contribution in [2.75, 3.05) is 13.1 Å². The Hall–Kier alpha value is -1.10. The van der Waals surface area contributed by atoms with Crippen molar-refractivity contribution < 1.29 is 9.59 Å². The highest BCUT2D eigenvalue weighted by atomic mass is 16.2. The lowest BCUT2D eigenvalue weighted by Gasteiger charge is -2.37. The maximum atomic E-state index is 12.5. The van der Waals surface area contributed by atoms with Gasteiger partial charge in [0.05, 0.1) is 5.54 Å². The average molecular weight is 281 g/mol. The lowest BCUT2D eigenvalue weighted by molar-refractivity contribution is -0.138. The van der Waals surface area contributed by atoms with E-state index in [2.05, 4.69) is 5.32 Å². The number of rotatable bonds is 4. The summed E-state index contributed by atoms with van der Waals surface area (Å²) in [6, 6.07) is 0.218. The molecule has 5 nitrogen and oxygen atoms in total. The van der Waals surface area contributed by atoms with Gasteiger partial charge in [0.25, 0.3) is 0 Å². The van der Waals surface area contributed by atoms with E-state index < -0.39 is 5.54 Å². The molecule has 0 spiro atoms. The molecule has 1 heterocycles. The molecule has 0 atom stereocenters. The average Bonchev–Trinajstić information content (AvgIpc) is 2.87. The van der Waals surface area contributed by atoms with Crippen LogP contribution in [0.25, 0.3) is 0 Å². The molecule has 1 aliphatic carbocycles. The van der Waals surface area contributed by atoms with Gasteiger partial charge in [0.2, 0.25) is 11.8 Å². The van der Waals surface area contributed by atoms with Gasteiger partial charge in [-0.3, -0.25) is 9.59 Å². The Morgan fingerprint density at radius 1 is 1.25 bits per heavy atom. The Labute approximate surface area is 121 Å². The maximum absolute atomic E-state index is 12.5. The molecule has 1 aliphatic heterocycles. The Morgan fingerprint density at radius 3 is 2.40 bits per heavy atom. The quantitative estimate of drug-likeness (QED) is 0.812. The molecule has 0 unspecified atom stereocenters. The van der Waals surface area contributed by atoms with Gasteiger partial charge in [-0.1, -0.05) is 19.8 Å². The topological polar surface area (TPSA) is 75.4 Å². The smallest absolute Gasteiger partial charge is 0.242 e. The maximum Gasteiger partial charge on any atom is 0.242 e. The van der Waals surface area contributed by atoms with E-state index in [4.69, 9.17) is 5.73 Å². The number of carbonyl (C=O) groups excluding carboxylic acids is 2. The highest BCUT2D eigenvalue weighted by molar-refractivity contribution is 5.86. The minimum absolute atomic E-state index is 0.119. The van der Waals surface area contributed by atoms with E-state index in [-0.39, 0.29) is 17.9 Å². The molecular weight excluding hydrogens is 254 g/mol. The van der Waals surface area contributed by atoms with E-state index in [9.17, 15) is 9.59 Å². The van der Waals surface area contributed by atoms with Crippen LogP contribution in [-0.4, -0.2) is 41.4 Å². The molecule has 1 saturated carbocycles. The van der Waals surface area contributed by atoms with Crippen LogP contribution in [0.2, 0.25) is 0 Å². The Morgan fingerprint density at radius 2 is 1.85 bits per heavy atom. The molecule has 0 aromatic carbocycles. The molecular formula is C15H27N3O2. The highest BCUT2D eigenvalue weighted by Crippen LogP contribution is 2.29. The molecule has 114 valence electrons. The normalized spacial score (nSPS) is 22.8. The number of hydrogen-bond acceptors (Lipinski definition) is 3. The number of likely N-dealkylation sites (tertiary alicyclic amines) is 1. The largest absolute Gasteiger partial charge is 0.353 e. The number of hydrogen-bond donors (Lipinski definition) is 2. The fraction of sp³-hybridized carbons (Fsp3) is 0.867. The first-order valence-corrected chi connectivity index (χ1v) is 7.93. The molecule has 2 aliphatic rings. The predicted molar refractivity (Wildman–Crippen MR) is 78.0 cm³/mol. The van der Waals surface area contributed by atoms with Crippen LogP contribution >= 0.6 is 0 Å². The van der Waals surface area contributed by atoms with Crippen molar-refractivity contribution in [3.8, 4) is 0 Å². The third-order valence-corrected chi connectivity index (χ3v) is 4.55. The molecule has 0 bridgehead atoms. The molecule has 0 radical (unpaired) electrons. The van der Waals surface area contributed by atoms with Gasteiger partial charge in [-0.25, -0.2) is 0 Å². The van der Waals surface area contributed by atoms with Crippen LogP contribution in [0.3, 0.4) is 0 Å². The number of amides is 2. The first-order valence-electron chi connectivity index (χ1n) is 7.93. The number of nitrogens with zero attached hydrogens (tertiary/aromatic N) is 1. The number of nitrogens with one attached hydrogen (secondary N) is 1. The first-order chi connectivity index (χ1) is 9.55. The predicted octanol–water partition coefficient (Wildman–Crippen LogP) is 1.17. The molecule has 5 heteroatoms. The fourth-order valence-electron chi connectivity index (χ4n) is 3.29. The summed E-state index contributed by atoms with van der Waals surface area (Å²) in [4.78, 5) is 25.9. The number of nitrogens with two attached hydrogens (primary N) is 1. The van der Waals surface area contributed by atoms with Crippen molar-refractivity contribution in [1.29, 1.82) is 0 Å². The molecule has 1 saturated heterocycles. The van der Waals surface area contributed by atoms with Gasteiger partial charge in [-0.15, -0.1) is 0 Å². The summed E-state index contributed by atoms with van der Waals surface area (Å²) in [5.74, 6) is 0.247. The van der Waals surface area contributed by atoms with Crippen LogP contribution in [0.15, 0.2) is 0 Å². The van der Waals surface area contributed by atoms with Gasteiger partial charge >= 0.3 is 0 Å². The van der Waals surface area contributed by atoms with E-state index in [1.807, 2.05) is 11.8 Å². The van der Waals surface area contributed by atoms with Gasteiger partial charge in [0, 0.05) is 25.6 Å². The van der Waals surface area contributed by atoms with Crippen LogP contribution in [0.1, 0.15) is 58.3 Å². The zero-order valence-corrected chi connectivity index (χ0v) is 12.5. The van der Waals surface area contributed by atoms with Crippen LogP contribution in [0.4, 0.5) is 0 Å². The standard InChI is InChI=1S/C15H27N3O2/c1-2-5-13(19)17-12-6-10-18(11-7-12)14(20)15(16)8-3-4-9-15/h12H,2-11,16H2,1H3,(H,17,19). The molecule has 3 N–H and O–H groups in total. The van der Waals surface area contributed by atoms with Crippen molar-refractivity contribution in [2.24, 2.45) is 5.73 Å². The van der Waals surface area contributed by atoms with Crippen LogP contribution in [0.5, 0.6) is 0 Å². The van der Waals surface area contributed by atoms with E-state index in [1.54, 1.807) is 0 Å². The Balaban J connectivity index is 1.79. The summed E-state index contributed by atoms with van der Waals surface area (Å²) < 4.78 is 0. The van der Waals surface area contributed by atoms with E-state index in [0.29, 0.717) is 6.42 Å². The van der Waals surface area contributed by atoms with Gasteiger partial charge in [0.15, 0.2) is 0 Å². The minimum atomic E-state index is -0.613. The summed E-state index contributed by atoms with van der Waals surface area (Å²) in [5.41, 5.74) is 5.61. The second kappa shape index (κ2) is 6.57. The summed E-state index contributed by atoms with van der Waals surface area (Å²) in [7, 11) is 0. The first kappa shape index (κ1) is 15.3. The second-order valence-corrected chi connectivity index (χ2v) is 6.25. The van der Waals surface area contributed by atoms with Crippen LogP contribution in [0, 0.1) is 0 Å². The SMILES string of the molecule is CCCC(=O)NC1CCN(C(=O)C2(N)CCCC2)CC1. The van der Waals surface area contributed by atoms with Crippen LogP contribution < -0.4 is 11.1 Å². The Bertz CT molecular complexity index is 356. The van der Waals surface area contributed by atoms with Gasteiger partial charge in [-0.2, -0.15) is 0 Å². The van der Waals surface area contributed by atoms with E-state index >= 15 is 0 Å². The van der Waals surface area contributed by atoms with Crippen LogP contribution in [-0.2, 0) is 9.59 Å². The molecule has 2 amide bonds. The van der Waals surface area contributed by atoms with Gasteiger partial charge < -0.3 is 16.0 Å². The summed E-state index contributed by atoms with van der Waals surface area (Å²) in [6.07, 6.45) is 6.91. The van der Waals surface area contributed by atoms with Gasteiger partial charge in [0.1, 0.15) is 0 Å². The Kier molecular flexibility index (Phi) is 5.02. The highest BCUT2D eigenvalue weighted by Gasteiger charge is 2.40. The monoisotopic (exact) mass is 281 g/mol. The molecule has 0 aromatic heterocycles. The lowest BCUT2D eigenvalue weighted by atomic mass is 9.95. The van der Waals surface area contributed by atoms with Gasteiger partial charge in [-0.05, 0) is 32.1 Å². The van der Waals surface area contributed by atoms with E-state index in [0.717, 1.165) is 58.0 Å².